The molecule has 1 N–H and O–H groups in total. The van der Waals surface area contributed by atoms with Crippen LogP contribution in [-0.2, 0) is 0 Å². The molecular weight excluding hydrogens is 384 g/mol. The van der Waals surface area contributed by atoms with Gasteiger partial charge in [0.05, 0.1) is 5.69 Å². The van der Waals surface area contributed by atoms with Crippen LogP contribution in [0.3, 0.4) is 0 Å². The van der Waals surface area contributed by atoms with Gasteiger partial charge in [-0.2, -0.15) is 0 Å². The summed E-state index contributed by atoms with van der Waals surface area (Å²) in [7, 11) is 0. The lowest BCUT2D eigenvalue weighted by Gasteiger charge is -2.35. The van der Waals surface area contributed by atoms with E-state index in [1.807, 2.05) is 30.3 Å². The Hall–Kier alpha value is -3.88. The normalized spacial score (nSPS) is 15.2. The molecule has 2 aromatic heterocycles. The molecule has 0 saturated carbocycles. The van der Waals surface area contributed by atoms with Gasteiger partial charge in [0.25, 0.3) is 0 Å². The number of carbonyl (C=O) groups is 1. The lowest BCUT2D eigenvalue weighted by atomic mass is 10.2. The Morgan fingerprint density at radius 3 is 2.47 bits per heavy atom. The predicted molar refractivity (Wildman–Crippen MR) is 111 cm³/mol. The van der Waals surface area contributed by atoms with E-state index in [1.54, 1.807) is 29.4 Å². The number of aromatic nitrogens is 3. The Bertz CT molecular complexity index is 1040. The molecule has 0 spiro atoms. The first-order valence-corrected chi connectivity index (χ1v) is 9.71. The second kappa shape index (κ2) is 7.86. The Morgan fingerprint density at radius 1 is 0.900 bits per heavy atom. The van der Waals surface area contributed by atoms with Crippen molar-refractivity contribution in [1.29, 1.82) is 0 Å². The van der Waals surface area contributed by atoms with Crippen molar-refractivity contribution in [2.24, 2.45) is 0 Å². The zero-order valence-electron chi connectivity index (χ0n) is 16.2. The zero-order chi connectivity index (χ0) is 20.3. The number of anilines is 2. The van der Waals surface area contributed by atoms with Crippen molar-refractivity contribution < 1.29 is 14.3 Å². The van der Waals surface area contributed by atoms with Crippen molar-refractivity contribution in [1.82, 2.24) is 20.1 Å². The van der Waals surface area contributed by atoms with Crippen LogP contribution < -0.4 is 19.7 Å². The van der Waals surface area contributed by atoms with Gasteiger partial charge in [0, 0.05) is 55.9 Å². The maximum absolute atomic E-state index is 12.6. The molecule has 4 heterocycles. The number of pyridine rings is 1. The van der Waals surface area contributed by atoms with Crippen molar-refractivity contribution in [2.45, 2.75) is 0 Å². The van der Waals surface area contributed by atoms with Crippen LogP contribution in [0.15, 0.2) is 54.9 Å². The number of nitrogens with one attached hydrogen (secondary N) is 1. The van der Waals surface area contributed by atoms with Gasteiger partial charge in [0.2, 0.25) is 6.79 Å². The average Bonchev–Trinajstić information content (AvgIpc) is 3.28. The van der Waals surface area contributed by atoms with Gasteiger partial charge in [-0.1, -0.05) is 0 Å². The van der Waals surface area contributed by atoms with E-state index in [0.717, 1.165) is 17.1 Å². The number of hydrogen-bond acceptors (Lipinski definition) is 7. The van der Waals surface area contributed by atoms with Crippen molar-refractivity contribution in [3.05, 3.63) is 54.9 Å². The number of carbonyl (C=O) groups excluding carboxylic acids is 1. The number of nitrogens with zero attached hydrogens (tertiary/aromatic N) is 5. The Labute approximate surface area is 173 Å². The molecule has 0 bridgehead atoms. The third-order valence-electron chi connectivity index (χ3n) is 5.14. The first-order valence-electron chi connectivity index (χ1n) is 9.71. The molecule has 30 heavy (non-hydrogen) atoms. The van der Waals surface area contributed by atoms with Crippen LogP contribution in [0, 0.1) is 0 Å². The molecule has 152 valence electrons. The highest BCUT2D eigenvalue weighted by molar-refractivity contribution is 5.90. The van der Waals surface area contributed by atoms with E-state index in [4.69, 9.17) is 9.47 Å². The van der Waals surface area contributed by atoms with Crippen LogP contribution in [-0.4, -0.2) is 59.1 Å². The number of urea groups is 1. The Morgan fingerprint density at radius 2 is 1.70 bits per heavy atom. The number of piperazine rings is 1. The molecule has 1 saturated heterocycles. The highest BCUT2D eigenvalue weighted by Crippen LogP contribution is 2.34. The number of fused-ring (bicyclic) bond motifs is 1. The summed E-state index contributed by atoms with van der Waals surface area (Å²) in [6.07, 6.45) is 3.47. The molecule has 0 unspecified atom stereocenters. The average molecular weight is 404 g/mol. The van der Waals surface area contributed by atoms with Gasteiger partial charge in [-0.15, -0.1) is 10.2 Å². The van der Waals surface area contributed by atoms with Crippen LogP contribution in [0.2, 0.25) is 0 Å². The summed E-state index contributed by atoms with van der Waals surface area (Å²) in [6, 6.07) is 13.0. The van der Waals surface area contributed by atoms with E-state index in [-0.39, 0.29) is 12.8 Å². The number of amides is 2. The molecule has 0 radical (unpaired) electrons. The molecule has 2 aliphatic rings. The van der Waals surface area contributed by atoms with Gasteiger partial charge in [-0.05, 0) is 36.4 Å². The SMILES string of the molecule is O=C(Nc1ccc2c(c1)OCO2)N1CCN(c2ccc(-c3ccncc3)nn2)CC1. The summed E-state index contributed by atoms with van der Waals surface area (Å²) >= 11 is 0. The van der Waals surface area contributed by atoms with Crippen LogP contribution >= 0.6 is 0 Å². The minimum atomic E-state index is -0.132. The van der Waals surface area contributed by atoms with Crippen molar-refractivity contribution in [3.8, 4) is 22.8 Å². The van der Waals surface area contributed by atoms with E-state index >= 15 is 0 Å². The fourth-order valence-electron chi connectivity index (χ4n) is 3.49. The molecule has 2 aliphatic heterocycles. The molecule has 2 amide bonds. The van der Waals surface area contributed by atoms with Gasteiger partial charge in [-0.25, -0.2) is 4.79 Å². The zero-order valence-corrected chi connectivity index (χ0v) is 16.2. The molecule has 0 aliphatic carbocycles. The van der Waals surface area contributed by atoms with Gasteiger partial charge < -0.3 is 24.6 Å². The van der Waals surface area contributed by atoms with Crippen molar-refractivity contribution >= 4 is 17.5 Å². The third-order valence-corrected chi connectivity index (χ3v) is 5.14. The molecule has 0 atom stereocenters. The van der Waals surface area contributed by atoms with Crippen molar-refractivity contribution in [2.75, 3.05) is 43.2 Å². The smallest absolute Gasteiger partial charge is 0.321 e. The van der Waals surface area contributed by atoms with Crippen LogP contribution in [0.25, 0.3) is 11.3 Å². The van der Waals surface area contributed by atoms with Crippen molar-refractivity contribution in [3.63, 3.8) is 0 Å². The summed E-state index contributed by atoms with van der Waals surface area (Å²) in [5.41, 5.74) is 2.47. The van der Waals surface area contributed by atoms with Gasteiger partial charge in [0.1, 0.15) is 0 Å². The second-order valence-electron chi connectivity index (χ2n) is 6.98. The number of hydrogen-bond donors (Lipinski definition) is 1. The van der Waals surface area contributed by atoms with Gasteiger partial charge >= 0.3 is 6.03 Å². The molecule has 5 rings (SSSR count). The maximum Gasteiger partial charge on any atom is 0.321 e. The molecular formula is C21H20N6O3. The first-order chi connectivity index (χ1) is 14.8. The van der Waals surface area contributed by atoms with Crippen LogP contribution in [0.5, 0.6) is 11.5 Å². The highest BCUT2D eigenvalue weighted by Gasteiger charge is 2.23. The number of ether oxygens (including phenoxy) is 2. The number of benzene rings is 1. The molecule has 3 aromatic rings. The lowest BCUT2D eigenvalue weighted by molar-refractivity contribution is 0.174. The number of rotatable bonds is 3. The topological polar surface area (TPSA) is 92.7 Å². The summed E-state index contributed by atoms with van der Waals surface area (Å²) in [5, 5.41) is 11.6. The van der Waals surface area contributed by atoms with Crippen LogP contribution in [0.4, 0.5) is 16.3 Å². The summed E-state index contributed by atoms with van der Waals surface area (Å²) in [5.74, 6) is 2.15. The molecule has 1 aromatic carbocycles. The van der Waals surface area contributed by atoms with Crippen LogP contribution in [0.1, 0.15) is 0 Å². The summed E-state index contributed by atoms with van der Waals surface area (Å²) in [6.45, 7) is 2.80. The van der Waals surface area contributed by atoms with E-state index in [9.17, 15) is 4.79 Å². The maximum atomic E-state index is 12.6. The van der Waals surface area contributed by atoms with Gasteiger partial charge in [-0.3, -0.25) is 4.98 Å². The van der Waals surface area contributed by atoms with E-state index in [0.29, 0.717) is 43.4 Å². The summed E-state index contributed by atoms with van der Waals surface area (Å²) < 4.78 is 10.7. The fourth-order valence-corrected chi connectivity index (χ4v) is 3.49. The molecule has 1 fully saturated rings. The molecule has 9 heteroatoms. The largest absolute Gasteiger partial charge is 0.454 e. The Balaban J connectivity index is 1.17. The highest BCUT2D eigenvalue weighted by atomic mass is 16.7. The first kappa shape index (κ1) is 18.2. The minimum absolute atomic E-state index is 0.132. The molecule has 9 nitrogen and oxygen atoms in total. The summed E-state index contributed by atoms with van der Waals surface area (Å²) in [4.78, 5) is 20.5. The lowest BCUT2D eigenvalue weighted by Crippen LogP contribution is -2.50. The fraction of sp³-hybridized carbons (Fsp3) is 0.238. The minimum Gasteiger partial charge on any atom is -0.454 e. The second-order valence-corrected chi connectivity index (χ2v) is 6.98. The van der Waals surface area contributed by atoms with E-state index in [2.05, 4.69) is 25.4 Å². The van der Waals surface area contributed by atoms with Gasteiger partial charge in [0.15, 0.2) is 17.3 Å². The Kier molecular flexibility index (Phi) is 4.76. The monoisotopic (exact) mass is 404 g/mol. The van der Waals surface area contributed by atoms with E-state index < -0.39 is 0 Å². The quantitative estimate of drug-likeness (QED) is 0.717. The third kappa shape index (κ3) is 3.69. The predicted octanol–water partition coefficient (Wildman–Crippen LogP) is 2.62. The standard InChI is InChI=1S/C21H20N6O3/c28-21(23-16-1-3-18-19(13-16)30-14-29-18)27-11-9-26(10-12-27)20-4-2-17(24-25-20)15-5-7-22-8-6-15/h1-8,13H,9-12,14H2,(H,23,28). The van der Waals surface area contributed by atoms with E-state index in [1.165, 1.54) is 0 Å².